The lowest BCUT2D eigenvalue weighted by Crippen LogP contribution is -1.96. The normalized spacial score (nSPS) is 13.8. The molecule has 228 valence electrons. The first-order chi connectivity index (χ1) is 24.8. The zero-order valence-electron chi connectivity index (χ0n) is 27.2. The molecule has 0 heteroatoms. The van der Waals surface area contributed by atoms with Crippen LogP contribution < -0.4 is 0 Å². The molecule has 0 unspecified atom stereocenters. The van der Waals surface area contributed by atoms with Gasteiger partial charge in [0.1, 0.15) is 0 Å². The Labute approximate surface area is 289 Å². The molecule has 9 aromatic rings. The van der Waals surface area contributed by atoms with Crippen molar-refractivity contribution in [2.75, 3.05) is 0 Å². The van der Waals surface area contributed by atoms with Crippen LogP contribution in [-0.2, 0) is 0 Å². The Balaban J connectivity index is 1.30. The van der Waals surface area contributed by atoms with E-state index < -0.39 is 0 Å². The minimum absolute atomic E-state index is 1.27. The minimum Gasteiger partial charge on any atom is -0.0616 e. The number of benzene rings is 9. The maximum Gasteiger partial charge on any atom is -0.000695 e. The number of fused-ring (bicyclic) bond motifs is 13. The van der Waals surface area contributed by atoms with Crippen LogP contribution >= 0.6 is 0 Å². The maximum absolute atomic E-state index is 2.41. The smallest absolute Gasteiger partial charge is 0.000695 e. The van der Waals surface area contributed by atoms with Gasteiger partial charge in [-0.2, -0.15) is 0 Å². The van der Waals surface area contributed by atoms with Crippen LogP contribution in [0.15, 0.2) is 170 Å². The molecule has 0 nitrogen and oxygen atoms in total. The Morgan fingerprint density at radius 1 is 0.200 bits per heavy atom. The van der Waals surface area contributed by atoms with Crippen molar-refractivity contribution in [3.05, 3.63) is 203 Å². The first-order valence-corrected chi connectivity index (χ1v) is 17.5. The molecule has 0 aromatic heterocycles. The van der Waals surface area contributed by atoms with Crippen molar-refractivity contribution in [2.24, 2.45) is 0 Å². The summed E-state index contributed by atoms with van der Waals surface area (Å²) >= 11 is 0. The Morgan fingerprint density at radius 3 is 1.22 bits per heavy atom. The van der Waals surface area contributed by atoms with Gasteiger partial charge in [0.2, 0.25) is 0 Å². The van der Waals surface area contributed by atoms with Crippen LogP contribution in [0.3, 0.4) is 0 Å². The lowest BCUT2D eigenvalue weighted by Gasteiger charge is -2.18. The molecule has 9 aromatic carbocycles. The summed E-state index contributed by atoms with van der Waals surface area (Å²) < 4.78 is 0. The van der Waals surface area contributed by atoms with Crippen LogP contribution in [0.2, 0.25) is 0 Å². The van der Waals surface area contributed by atoms with E-state index in [4.69, 9.17) is 0 Å². The van der Waals surface area contributed by atoms with Gasteiger partial charge in [0.15, 0.2) is 0 Å². The van der Waals surface area contributed by atoms with Crippen molar-refractivity contribution in [2.45, 2.75) is 0 Å². The highest BCUT2D eigenvalue weighted by molar-refractivity contribution is 6.40. The molecule has 0 heterocycles. The summed E-state index contributed by atoms with van der Waals surface area (Å²) in [6, 6.07) is 63.6. The van der Waals surface area contributed by atoms with E-state index >= 15 is 0 Å². The summed E-state index contributed by atoms with van der Waals surface area (Å²) in [5, 5.41) is 10.4. The van der Waals surface area contributed by atoms with Crippen LogP contribution in [-0.4, -0.2) is 0 Å². The van der Waals surface area contributed by atoms with Crippen molar-refractivity contribution in [3.63, 3.8) is 0 Å². The van der Waals surface area contributed by atoms with Gasteiger partial charge in [0.05, 0.1) is 0 Å². The molecule has 3 aliphatic rings. The fraction of sp³-hybridized carbons (Fsp3) is 0. The molecule has 0 spiro atoms. The van der Waals surface area contributed by atoms with Gasteiger partial charge in [-0.3, -0.25) is 0 Å². The Morgan fingerprint density at radius 2 is 0.580 bits per heavy atom. The Bertz CT molecular complexity index is 3040. The maximum atomic E-state index is 2.41. The molecule has 0 saturated heterocycles. The lowest BCUT2D eigenvalue weighted by molar-refractivity contribution is 1.59. The quantitative estimate of drug-likeness (QED) is 0.179. The van der Waals surface area contributed by atoms with Gasteiger partial charge in [-0.05, 0) is 121 Å². The average Bonchev–Trinajstić information content (AvgIpc) is 3.82. The van der Waals surface area contributed by atoms with Gasteiger partial charge in [-0.15, -0.1) is 0 Å². The number of allylic oxidation sites excluding steroid dienone is 2. The van der Waals surface area contributed by atoms with Crippen LogP contribution in [0.4, 0.5) is 0 Å². The largest absolute Gasteiger partial charge is 0.0616 e. The van der Waals surface area contributed by atoms with E-state index in [0.29, 0.717) is 0 Å². The molecule has 0 atom stereocenters. The zero-order chi connectivity index (χ0) is 32.5. The molecule has 0 saturated carbocycles. The second-order valence-electron chi connectivity index (χ2n) is 13.9. The van der Waals surface area contributed by atoms with E-state index in [-0.39, 0.29) is 0 Å². The third-order valence-corrected chi connectivity index (χ3v) is 11.5. The highest BCUT2D eigenvalue weighted by atomic mass is 14.4. The molecule has 50 heavy (non-hydrogen) atoms. The summed E-state index contributed by atoms with van der Waals surface area (Å²) in [5.41, 5.74) is 18.7. The number of rotatable bonds is 2. The van der Waals surface area contributed by atoms with E-state index in [1.807, 2.05) is 0 Å². The van der Waals surface area contributed by atoms with Crippen LogP contribution in [0.1, 0.15) is 33.4 Å². The second-order valence-corrected chi connectivity index (χ2v) is 13.9. The van der Waals surface area contributed by atoms with E-state index in [9.17, 15) is 0 Å². The first-order valence-electron chi connectivity index (χ1n) is 17.5. The first kappa shape index (κ1) is 26.5. The van der Waals surface area contributed by atoms with E-state index in [0.717, 1.165) is 0 Å². The van der Waals surface area contributed by atoms with Crippen LogP contribution in [0, 0.1) is 0 Å². The van der Waals surface area contributed by atoms with Gasteiger partial charge in [-0.25, -0.2) is 0 Å². The summed E-state index contributed by atoms with van der Waals surface area (Å²) in [6.45, 7) is 0. The minimum atomic E-state index is 1.27. The van der Waals surface area contributed by atoms with E-state index in [1.54, 1.807) is 0 Å². The lowest BCUT2D eigenvalue weighted by atomic mass is 9.85. The summed E-state index contributed by atoms with van der Waals surface area (Å²) in [5.74, 6) is 0. The van der Waals surface area contributed by atoms with Gasteiger partial charge >= 0.3 is 0 Å². The highest BCUT2D eigenvalue weighted by Crippen LogP contribution is 2.62. The van der Waals surface area contributed by atoms with E-state index in [1.165, 1.54) is 121 Å². The van der Waals surface area contributed by atoms with Crippen molar-refractivity contribution in [3.8, 4) is 22.3 Å². The highest BCUT2D eigenvalue weighted by Gasteiger charge is 2.40. The predicted octanol–water partition coefficient (Wildman–Crippen LogP) is 13.2. The summed E-state index contributed by atoms with van der Waals surface area (Å²) in [6.07, 6.45) is 0. The standard InChI is InChI=1S/C50H28/c1-4-15-32-29(11-1)14-9-20-37(32)47-45-33-16-5-2-12-30(33)23-25-42(45)50-48(46-34-17-6-3-13-31(34)24-26-43(46)49(47)50)41-28-27-40-36-19-8-7-18-35(36)38-21-10-22-39(41)44(38)40/h1-28H. The zero-order valence-corrected chi connectivity index (χ0v) is 27.2. The van der Waals surface area contributed by atoms with E-state index in [2.05, 4.69) is 170 Å². The average molecular weight is 629 g/mol. The third-order valence-electron chi connectivity index (χ3n) is 11.5. The molecule has 12 rings (SSSR count). The fourth-order valence-electron chi connectivity index (χ4n) is 9.55. The van der Waals surface area contributed by atoms with Crippen molar-refractivity contribution in [1.29, 1.82) is 0 Å². The van der Waals surface area contributed by atoms with Gasteiger partial charge in [0, 0.05) is 0 Å². The molecular weight excluding hydrogens is 601 g/mol. The van der Waals surface area contributed by atoms with Gasteiger partial charge in [0.25, 0.3) is 0 Å². The third kappa shape index (κ3) is 3.26. The molecule has 0 N–H and O–H groups in total. The van der Waals surface area contributed by atoms with Crippen molar-refractivity contribution >= 4 is 65.4 Å². The molecule has 3 aliphatic carbocycles. The topological polar surface area (TPSA) is 0 Å². The van der Waals surface area contributed by atoms with Crippen LogP contribution in [0.5, 0.6) is 0 Å². The van der Waals surface area contributed by atoms with Crippen LogP contribution in [0.25, 0.3) is 87.6 Å². The fourth-order valence-corrected chi connectivity index (χ4v) is 9.55. The summed E-state index contributed by atoms with van der Waals surface area (Å²) in [4.78, 5) is 0. The second kappa shape index (κ2) is 9.56. The Kier molecular flexibility index (Phi) is 5.06. The molecular formula is C50H28. The number of hydrogen-bond acceptors (Lipinski definition) is 0. The number of hydrogen-bond donors (Lipinski definition) is 0. The van der Waals surface area contributed by atoms with Gasteiger partial charge in [-0.1, -0.05) is 170 Å². The summed E-state index contributed by atoms with van der Waals surface area (Å²) in [7, 11) is 0. The molecule has 0 bridgehead atoms. The molecule has 0 fully saturated rings. The monoisotopic (exact) mass is 628 g/mol. The Hall–Kier alpha value is -6.50. The SMILES string of the molecule is c1ccc2c(c1)-c1cccc3c(C4=C5C(=C(c6cccc7ccccc67)c6c5ccc5ccccc65)c5ccc6ccccc6c54)ccc-2c13. The molecule has 0 aliphatic heterocycles. The van der Waals surface area contributed by atoms with Crippen molar-refractivity contribution < 1.29 is 0 Å². The molecule has 0 radical (unpaired) electrons. The predicted molar refractivity (Wildman–Crippen MR) is 212 cm³/mol. The molecule has 0 amide bonds. The van der Waals surface area contributed by atoms with Crippen molar-refractivity contribution in [1.82, 2.24) is 0 Å². The van der Waals surface area contributed by atoms with Gasteiger partial charge < -0.3 is 0 Å².